The van der Waals surface area contributed by atoms with Gasteiger partial charge in [0.15, 0.2) is 0 Å². The highest BCUT2D eigenvalue weighted by molar-refractivity contribution is 6.30. The molecule has 2 aromatic rings. The van der Waals surface area contributed by atoms with E-state index in [-0.39, 0.29) is 6.04 Å². The number of aromatic nitrogens is 2. The number of nitrogens with two attached hydrogens (primary N) is 1. The van der Waals surface area contributed by atoms with Gasteiger partial charge in [-0.15, -0.1) is 0 Å². The predicted molar refractivity (Wildman–Crippen MR) is 69.9 cm³/mol. The lowest BCUT2D eigenvalue weighted by molar-refractivity contribution is 0.833. The highest BCUT2D eigenvalue weighted by Gasteiger charge is 2.09. The summed E-state index contributed by atoms with van der Waals surface area (Å²) in [6, 6.07) is 7.47. The minimum atomic E-state index is 0.0344. The van der Waals surface area contributed by atoms with Gasteiger partial charge in [-0.3, -0.25) is 4.98 Å². The zero-order valence-corrected chi connectivity index (χ0v) is 10.1. The molecule has 17 heavy (non-hydrogen) atoms. The molecule has 0 bridgehead atoms. The third-order valence-corrected chi connectivity index (χ3v) is 2.58. The fraction of sp³-hybridized carbons (Fsp3) is 0.167. The molecule has 1 unspecified atom stereocenters. The molecule has 0 aliphatic rings. The zero-order valence-electron chi connectivity index (χ0n) is 9.39. The van der Waals surface area contributed by atoms with Crippen LogP contribution >= 0.6 is 11.6 Å². The Bertz CT molecular complexity index is 501. The molecule has 2 heterocycles. The van der Waals surface area contributed by atoms with Crippen LogP contribution in [0.2, 0.25) is 5.02 Å². The first-order valence-electron chi connectivity index (χ1n) is 5.25. The molecule has 2 aromatic heterocycles. The topological polar surface area (TPSA) is 63.8 Å². The van der Waals surface area contributed by atoms with Crippen molar-refractivity contribution in [3.63, 3.8) is 0 Å². The van der Waals surface area contributed by atoms with Gasteiger partial charge >= 0.3 is 0 Å². The number of nitrogens with one attached hydrogen (secondary N) is 1. The molecule has 0 aromatic carbocycles. The monoisotopic (exact) mass is 248 g/mol. The molecule has 0 radical (unpaired) electrons. The van der Waals surface area contributed by atoms with Gasteiger partial charge in [0, 0.05) is 12.4 Å². The lowest BCUT2D eigenvalue weighted by Gasteiger charge is -2.15. The number of pyridine rings is 2. The van der Waals surface area contributed by atoms with Gasteiger partial charge in [0.05, 0.1) is 22.4 Å². The molecule has 2 rings (SSSR count). The van der Waals surface area contributed by atoms with E-state index in [0.717, 1.165) is 5.69 Å². The molecule has 5 heteroatoms. The van der Waals surface area contributed by atoms with Crippen molar-refractivity contribution in [1.82, 2.24) is 9.97 Å². The van der Waals surface area contributed by atoms with Crippen molar-refractivity contribution in [2.45, 2.75) is 13.0 Å². The molecule has 0 fully saturated rings. The molecule has 0 saturated heterocycles. The fourth-order valence-electron chi connectivity index (χ4n) is 1.49. The molecule has 0 aliphatic carbocycles. The SMILES string of the molecule is CC(Nc1ncc(Cl)cc1N)c1ccccn1. The normalized spacial score (nSPS) is 12.1. The van der Waals surface area contributed by atoms with Crippen LogP contribution in [-0.4, -0.2) is 9.97 Å². The molecule has 4 nitrogen and oxygen atoms in total. The van der Waals surface area contributed by atoms with Crippen molar-refractivity contribution in [3.8, 4) is 0 Å². The van der Waals surface area contributed by atoms with Crippen LogP contribution in [-0.2, 0) is 0 Å². The Morgan fingerprint density at radius 1 is 1.35 bits per heavy atom. The molecular weight excluding hydrogens is 236 g/mol. The second-order valence-electron chi connectivity index (χ2n) is 3.71. The van der Waals surface area contributed by atoms with Crippen LogP contribution in [0.3, 0.4) is 0 Å². The molecule has 88 valence electrons. The molecule has 0 saturated carbocycles. The van der Waals surface area contributed by atoms with E-state index in [1.54, 1.807) is 18.5 Å². The quantitative estimate of drug-likeness (QED) is 0.877. The van der Waals surface area contributed by atoms with Crippen molar-refractivity contribution in [3.05, 3.63) is 47.4 Å². The Labute approximate surface area is 105 Å². The molecule has 0 amide bonds. The third kappa shape index (κ3) is 2.85. The van der Waals surface area contributed by atoms with E-state index in [1.807, 2.05) is 25.1 Å². The molecule has 3 N–H and O–H groups in total. The maximum absolute atomic E-state index is 5.82. The highest BCUT2D eigenvalue weighted by Crippen LogP contribution is 2.23. The van der Waals surface area contributed by atoms with Gasteiger partial charge in [-0.2, -0.15) is 0 Å². The maximum atomic E-state index is 5.82. The van der Waals surface area contributed by atoms with Gasteiger partial charge in [-0.25, -0.2) is 4.98 Å². The summed E-state index contributed by atoms with van der Waals surface area (Å²) < 4.78 is 0. The number of nitrogen functional groups attached to an aromatic ring is 1. The Morgan fingerprint density at radius 2 is 2.18 bits per heavy atom. The van der Waals surface area contributed by atoms with E-state index in [2.05, 4.69) is 15.3 Å². The number of halogens is 1. The Morgan fingerprint density at radius 3 is 2.82 bits per heavy atom. The van der Waals surface area contributed by atoms with Crippen LogP contribution in [0.25, 0.3) is 0 Å². The van der Waals surface area contributed by atoms with Crippen molar-refractivity contribution in [2.75, 3.05) is 11.1 Å². The van der Waals surface area contributed by atoms with E-state index in [1.165, 1.54) is 0 Å². The summed E-state index contributed by atoms with van der Waals surface area (Å²) in [6.07, 6.45) is 3.32. The summed E-state index contributed by atoms with van der Waals surface area (Å²) in [7, 11) is 0. The van der Waals surface area contributed by atoms with Gasteiger partial charge in [0.1, 0.15) is 5.82 Å². The van der Waals surface area contributed by atoms with E-state index in [4.69, 9.17) is 17.3 Å². The van der Waals surface area contributed by atoms with Crippen LogP contribution in [0, 0.1) is 0 Å². The first-order chi connectivity index (χ1) is 8.16. The fourth-order valence-corrected chi connectivity index (χ4v) is 1.65. The average molecular weight is 249 g/mol. The van der Waals surface area contributed by atoms with Gasteiger partial charge in [0.25, 0.3) is 0 Å². The lowest BCUT2D eigenvalue weighted by atomic mass is 10.2. The minimum Gasteiger partial charge on any atom is -0.396 e. The van der Waals surface area contributed by atoms with E-state index >= 15 is 0 Å². The summed E-state index contributed by atoms with van der Waals surface area (Å²) in [6.45, 7) is 2.00. The summed E-state index contributed by atoms with van der Waals surface area (Å²) in [5.41, 5.74) is 7.28. The molecule has 0 aliphatic heterocycles. The standard InChI is InChI=1S/C12H13ClN4/c1-8(11-4-2-3-5-15-11)17-12-10(14)6-9(13)7-16-12/h2-8H,14H2,1H3,(H,16,17). The van der Waals surface area contributed by atoms with Crippen LogP contribution in [0.1, 0.15) is 18.7 Å². The van der Waals surface area contributed by atoms with Crippen LogP contribution in [0.4, 0.5) is 11.5 Å². The maximum Gasteiger partial charge on any atom is 0.149 e. The van der Waals surface area contributed by atoms with Crippen molar-refractivity contribution >= 4 is 23.1 Å². The number of hydrogen-bond donors (Lipinski definition) is 2. The highest BCUT2D eigenvalue weighted by atomic mass is 35.5. The number of hydrogen-bond acceptors (Lipinski definition) is 4. The average Bonchev–Trinajstić information content (AvgIpc) is 2.34. The minimum absolute atomic E-state index is 0.0344. The van der Waals surface area contributed by atoms with E-state index in [0.29, 0.717) is 16.5 Å². The third-order valence-electron chi connectivity index (χ3n) is 2.37. The van der Waals surface area contributed by atoms with Gasteiger partial charge in [-0.05, 0) is 25.1 Å². The second kappa shape index (κ2) is 5.01. The van der Waals surface area contributed by atoms with E-state index < -0.39 is 0 Å². The first kappa shape index (κ1) is 11.7. The Balaban J connectivity index is 2.16. The van der Waals surface area contributed by atoms with Crippen molar-refractivity contribution in [1.29, 1.82) is 0 Å². The first-order valence-corrected chi connectivity index (χ1v) is 5.63. The summed E-state index contributed by atoms with van der Waals surface area (Å²) in [5, 5.41) is 3.72. The van der Waals surface area contributed by atoms with Gasteiger partial charge in [0.2, 0.25) is 0 Å². The summed E-state index contributed by atoms with van der Waals surface area (Å²) in [4.78, 5) is 8.41. The van der Waals surface area contributed by atoms with Crippen LogP contribution in [0.5, 0.6) is 0 Å². The Hall–Kier alpha value is -1.81. The summed E-state index contributed by atoms with van der Waals surface area (Å²) in [5.74, 6) is 0.618. The lowest BCUT2D eigenvalue weighted by Crippen LogP contribution is -2.10. The zero-order chi connectivity index (χ0) is 12.3. The molecule has 1 atom stereocenters. The van der Waals surface area contributed by atoms with Crippen LogP contribution < -0.4 is 11.1 Å². The second-order valence-corrected chi connectivity index (χ2v) is 4.15. The number of anilines is 2. The smallest absolute Gasteiger partial charge is 0.149 e. The number of rotatable bonds is 3. The van der Waals surface area contributed by atoms with Crippen molar-refractivity contribution in [2.24, 2.45) is 0 Å². The predicted octanol–water partition coefficient (Wildman–Crippen LogP) is 2.89. The van der Waals surface area contributed by atoms with Gasteiger partial charge in [-0.1, -0.05) is 17.7 Å². The number of nitrogens with zero attached hydrogens (tertiary/aromatic N) is 2. The van der Waals surface area contributed by atoms with E-state index in [9.17, 15) is 0 Å². The van der Waals surface area contributed by atoms with Crippen LogP contribution in [0.15, 0.2) is 36.7 Å². The summed E-state index contributed by atoms with van der Waals surface area (Å²) >= 11 is 5.79. The Kier molecular flexibility index (Phi) is 3.44. The molecule has 0 spiro atoms. The van der Waals surface area contributed by atoms with Gasteiger partial charge < -0.3 is 11.1 Å². The van der Waals surface area contributed by atoms with Crippen molar-refractivity contribution < 1.29 is 0 Å². The largest absolute Gasteiger partial charge is 0.396 e. The molecular formula is C12H13ClN4.